The summed E-state index contributed by atoms with van der Waals surface area (Å²) in [6.07, 6.45) is 2.86. The molecule has 10 rings (SSSR count). The van der Waals surface area contributed by atoms with E-state index in [2.05, 4.69) is 74.5 Å². The van der Waals surface area contributed by atoms with E-state index < -0.39 is 5.41 Å². The highest BCUT2D eigenvalue weighted by Crippen LogP contribution is 2.43. The van der Waals surface area contributed by atoms with E-state index in [1.807, 2.05) is 156 Å². The molecular formula is C83H88O9. The Labute approximate surface area is 542 Å². The highest BCUT2D eigenvalue weighted by Gasteiger charge is 2.29. The summed E-state index contributed by atoms with van der Waals surface area (Å²) in [4.78, 5) is 0. The molecule has 10 aromatic carbocycles. The molecule has 0 saturated carbocycles. The number of aromatic hydroxyl groups is 9. The summed E-state index contributed by atoms with van der Waals surface area (Å²) in [6.45, 7) is 27.0. The van der Waals surface area contributed by atoms with Gasteiger partial charge in [0.1, 0.15) is 51.7 Å². The summed E-state index contributed by atoms with van der Waals surface area (Å²) in [5, 5.41) is 102. The normalized spacial score (nSPS) is 12.0. The minimum absolute atomic E-state index is 0.170. The second kappa shape index (κ2) is 25.9. The fourth-order valence-electron chi connectivity index (χ4n) is 14.0. The third-order valence-electron chi connectivity index (χ3n) is 19.2. The van der Waals surface area contributed by atoms with Crippen LogP contribution in [0.4, 0.5) is 0 Å². The quantitative estimate of drug-likeness (QED) is 0.0404. The molecule has 0 aliphatic carbocycles. The maximum atomic E-state index is 12.6. The van der Waals surface area contributed by atoms with Crippen LogP contribution in [0.5, 0.6) is 51.7 Å². The summed E-state index contributed by atoms with van der Waals surface area (Å²) in [5.41, 5.74) is 23.5. The lowest BCUT2D eigenvalue weighted by molar-refractivity contribution is 0.461. The van der Waals surface area contributed by atoms with Crippen molar-refractivity contribution in [2.45, 2.75) is 153 Å². The second-order valence-electron chi connectivity index (χ2n) is 27.1. The van der Waals surface area contributed by atoms with Gasteiger partial charge in [-0.2, -0.15) is 0 Å². The van der Waals surface area contributed by atoms with E-state index in [0.717, 1.165) is 161 Å². The first-order valence-corrected chi connectivity index (χ1v) is 31.8. The Bertz CT molecular complexity index is 4140. The van der Waals surface area contributed by atoms with Crippen molar-refractivity contribution in [2.75, 3.05) is 0 Å². The van der Waals surface area contributed by atoms with Crippen LogP contribution in [0.3, 0.4) is 0 Å². The Kier molecular flexibility index (Phi) is 18.4. The number of rotatable bonds is 18. The molecule has 10 aromatic rings. The van der Waals surface area contributed by atoms with Gasteiger partial charge in [0.25, 0.3) is 0 Å². The average molecular weight is 1230 g/mol. The summed E-state index contributed by atoms with van der Waals surface area (Å²) in [7, 11) is 0. The van der Waals surface area contributed by atoms with Crippen molar-refractivity contribution in [1.29, 1.82) is 0 Å². The average Bonchev–Trinajstić information content (AvgIpc) is 0.783. The zero-order valence-corrected chi connectivity index (χ0v) is 55.8. The molecule has 0 aliphatic heterocycles. The Morgan fingerprint density at radius 2 is 0.457 bits per heavy atom. The van der Waals surface area contributed by atoms with Crippen LogP contribution >= 0.6 is 0 Å². The number of phenolic OH excluding ortho intramolecular Hbond substituents is 9. The second-order valence-corrected chi connectivity index (χ2v) is 27.1. The number of hydrogen-bond acceptors (Lipinski definition) is 9. The fraction of sp³-hybridized carbons (Fsp3) is 0.277. The van der Waals surface area contributed by atoms with Crippen LogP contribution in [0.25, 0.3) is 0 Å². The number of aryl methyl sites for hydroxylation is 12. The summed E-state index contributed by atoms with van der Waals surface area (Å²) < 4.78 is 0. The predicted molar refractivity (Wildman–Crippen MR) is 371 cm³/mol. The van der Waals surface area contributed by atoms with Crippen molar-refractivity contribution < 1.29 is 46.0 Å². The Hall–Kier alpha value is -9.60. The minimum atomic E-state index is -0.608. The van der Waals surface area contributed by atoms with Crippen molar-refractivity contribution in [1.82, 2.24) is 0 Å². The molecule has 9 N–H and O–H groups in total. The SMILES string of the molecule is Cc1cc(Cc2cc(CC(c3ccc(C(C)(C)c4cc(Cc5cc(C)c(O)c(C)c5)c(O)c(Cc5cc(C)c(O)c(C)c5)c4)cc3)c3cc(Cc4cc(C)c(O)c(C)c4)c(O)c(Cc4cc(C)c(O)c(C)c4)c3)cc(Cc3cc(C)c(O)c(C)c3)c2O)cc(C)c1O. The minimum Gasteiger partial charge on any atom is -0.507 e. The lowest BCUT2D eigenvalue weighted by Gasteiger charge is -2.29. The van der Waals surface area contributed by atoms with E-state index >= 15 is 0 Å². The molecule has 0 fully saturated rings. The van der Waals surface area contributed by atoms with Gasteiger partial charge in [0.15, 0.2) is 0 Å². The zero-order valence-electron chi connectivity index (χ0n) is 55.8. The molecule has 0 radical (unpaired) electrons. The van der Waals surface area contributed by atoms with E-state index in [-0.39, 0.29) is 57.7 Å². The van der Waals surface area contributed by atoms with Gasteiger partial charge in [-0.05, 0) is 251 Å². The Morgan fingerprint density at radius 3 is 0.696 bits per heavy atom. The van der Waals surface area contributed by atoms with Crippen LogP contribution in [0.2, 0.25) is 0 Å². The van der Waals surface area contributed by atoms with Crippen molar-refractivity contribution >= 4 is 0 Å². The predicted octanol–water partition coefficient (Wildman–Crippen LogP) is 18.0. The van der Waals surface area contributed by atoms with Crippen LogP contribution in [0.1, 0.15) is 181 Å². The molecule has 0 bridgehead atoms. The van der Waals surface area contributed by atoms with Gasteiger partial charge in [-0.3, -0.25) is 0 Å². The van der Waals surface area contributed by atoms with Crippen LogP contribution < -0.4 is 0 Å². The zero-order chi connectivity index (χ0) is 66.5. The molecule has 0 aliphatic rings. The molecule has 474 valence electrons. The first kappa shape index (κ1) is 65.4. The van der Waals surface area contributed by atoms with Crippen molar-refractivity contribution in [3.05, 3.63) is 295 Å². The van der Waals surface area contributed by atoms with Gasteiger partial charge in [-0.15, -0.1) is 0 Å². The van der Waals surface area contributed by atoms with Crippen LogP contribution in [-0.4, -0.2) is 46.0 Å². The van der Waals surface area contributed by atoms with E-state index in [0.29, 0.717) is 44.9 Å². The van der Waals surface area contributed by atoms with Gasteiger partial charge in [-0.1, -0.05) is 147 Å². The number of hydrogen-bond donors (Lipinski definition) is 9. The van der Waals surface area contributed by atoms with Gasteiger partial charge in [0.05, 0.1) is 0 Å². The van der Waals surface area contributed by atoms with Gasteiger partial charge < -0.3 is 46.0 Å². The van der Waals surface area contributed by atoms with Crippen LogP contribution in [0, 0.1) is 83.1 Å². The van der Waals surface area contributed by atoms with Gasteiger partial charge in [0, 0.05) is 49.9 Å². The van der Waals surface area contributed by atoms with Gasteiger partial charge in [0.2, 0.25) is 0 Å². The maximum Gasteiger partial charge on any atom is 0.122 e. The molecule has 0 heterocycles. The Balaban J connectivity index is 1.15. The van der Waals surface area contributed by atoms with E-state index in [1.165, 1.54) is 0 Å². The lowest BCUT2D eigenvalue weighted by atomic mass is 9.75. The topological polar surface area (TPSA) is 182 Å². The summed E-state index contributed by atoms with van der Waals surface area (Å²) in [6, 6.07) is 45.1. The van der Waals surface area contributed by atoms with E-state index in [9.17, 15) is 46.0 Å². The van der Waals surface area contributed by atoms with Crippen molar-refractivity contribution in [2.24, 2.45) is 0 Å². The molecule has 0 saturated heterocycles. The molecule has 1 atom stereocenters. The van der Waals surface area contributed by atoms with Crippen LogP contribution in [-0.2, 0) is 50.4 Å². The third kappa shape index (κ3) is 13.7. The largest absolute Gasteiger partial charge is 0.507 e. The highest BCUT2D eigenvalue weighted by molar-refractivity contribution is 5.59. The van der Waals surface area contributed by atoms with Crippen molar-refractivity contribution in [3.8, 4) is 51.7 Å². The molecule has 0 spiro atoms. The third-order valence-corrected chi connectivity index (χ3v) is 19.2. The van der Waals surface area contributed by atoms with Gasteiger partial charge >= 0.3 is 0 Å². The molecule has 9 heteroatoms. The molecule has 92 heavy (non-hydrogen) atoms. The first-order valence-electron chi connectivity index (χ1n) is 31.8. The summed E-state index contributed by atoms with van der Waals surface area (Å²) >= 11 is 0. The molecule has 1 unspecified atom stereocenters. The van der Waals surface area contributed by atoms with Crippen LogP contribution in [0.15, 0.2) is 133 Å². The Morgan fingerprint density at radius 1 is 0.239 bits per heavy atom. The first-order chi connectivity index (χ1) is 43.4. The molecule has 9 nitrogen and oxygen atoms in total. The fourth-order valence-corrected chi connectivity index (χ4v) is 14.0. The molecular weight excluding hydrogens is 1140 g/mol. The monoisotopic (exact) mass is 1230 g/mol. The number of benzene rings is 10. The highest BCUT2D eigenvalue weighted by atomic mass is 16.3. The molecule has 0 aromatic heterocycles. The van der Waals surface area contributed by atoms with E-state index in [1.54, 1.807) is 0 Å². The molecule has 0 amide bonds. The summed E-state index contributed by atoms with van der Waals surface area (Å²) in [5.74, 6) is 1.69. The number of phenols is 9. The van der Waals surface area contributed by atoms with Crippen molar-refractivity contribution in [3.63, 3.8) is 0 Å². The maximum absolute atomic E-state index is 12.6. The standard InChI is InChI=1S/C83H88O9/c1-44-19-56(20-45(2)74(44)84)31-65-37-62(38-66(80(65)90)32-57-21-46(3)75(85)47(4)22-57)39-73(64-40-67(33-58-23-48(5)76(86)49(6)24-58)81(91)68(41-64)34-59-25-50(7)77(87)51(8)26-59)63-15-17-71(18-16-63)83(13,14)72-42-69(35-60-27-52(9)78(88)53(10)28-60)82(92)70(43-72)36-61-29-54(11)79(89)55(12)30-61/h15-30,37-38,40-43,73,84-92H,31-36,39H2,1-14H3. The van der Waals surface area contributed by atoms with Gasteiger partial charge in [-0.25, -0.2) is 0 Å². The smallest absolute Gasteiger partial charge is 0.122 e. The van der Waals surface area contributed by atoms with E-state index in [4.69, 9.17) is 0 Å². The lowest BCUT2D eigenvalue weighted by Crippen LogP contribution is -2.20.